The van der Waals surface area contributed by atoms with Crippen molar-refractivity contribution in [3.8, 4) is 28.3 Å². The molecule has 4 atom stereocenters. The number of carboxylic acids is 1. The van der Waals surface area contributed by atoms with E-state index in [9.17, 15) is 9.90 Å². The van der Waals surface area contributed by atoms with Gasteiger partial charge in [0.15, 0.2) is 0 Å². The highest BCUT2D eigenvalue weighted by Crippen LogP contribution is 2.40. The molecule has 1 aliphatic carbocycles. The second-order valence-electron chi connectivity index (χ2n) is 9.62. The first-order valence-electron chi connectivity index (χ1n) is 12.1. The molecule has 0 spiro atoms. The number of aliphatic carboxylic acids is 1. The molecule has 0 amide bonds. The topological polar surface area (TPSA) is 113 Å². The van der Waals surface area contributed by atoms with Crippen LogP contribution in [0.1, 0.15) is 25.7 Å². The number of hydrogen-bond acceptors (Lipinski definition) is 6. The van der Waals surface area contributed by atoms with E-state index in [4.69, 9.17) is 4.74 Å². The fourth-order valence-electron chi connectivity index (χ4n) is 5.62. The van der Waals surface area contributed by atoms with E-state index in [0.717, 1.165) is 48.2 Å². The van der Waals surface area contributed by atoms with Gasteiger partial charge in [-0.1, -0.05) is 42.5 Å². The third kappa shape index (κ3) is 4.79. The lowest BCUT2D eigenvalue weighted by Gasteiger charge is -2.41. The number of aromatic nitrogens is 4. The van der Waals surface area contributed by atoms with Crippen molar-refractivity contribution < 1.29 is 14.6 Å². The zero-order valence-corrected chi connectivity index (χ0v) is 20.4. The summed E-state index contributed by atoms with van der Waals surface area (Å²) >= 11 is 0. The Morgan fingerprint density at radius 3 is 2.56 bits per heavy atom. The van der Waals surface area contributed by atoms with Crippen LogP contribution in [0.4, 0.5) is 0 Å². The van der Waals surface area contributed by atoms with Gasteiger partial charge < -0.3 is 15.2 Å². The highest BCUT2D eigenvalue weighted by Gasteiger charge is 2.38. The molecular weight excluding hydrogens is 478 g/mol. The summed E-state index contributed by atoms with van der Waals surface area (Å²) in [6.45, 7) is 0.764. The Labute approximate surface area is 214 Å². The Bertz CT molecular complexity index is 1360. The molecule has 36 heavy (non-hydrogen) atoms. The Balaban J connectivity index is 0.00000267. The normalized spacial score (nSPS) is 23.4. The van der Waals surface area contributed by atoms with Crippen LogP contribution in [0, 0.1) is 11.8 Å². The van der Waals surface area contributed by atoms with Gasteiger partial charge in [0.1, 0.15) is 11.8 Å². The number of piperidine rings is 1. The lowest BCUT2D eigenvalue weighted by Crippen LogP contribution is -2.50. The Morgan fingerprint density at radius 1 is 0.944 bits per heavy atom. The number of rotatable bonds is 5. The van der Waals surface area contributed by atoms with Crippen LogP contribution in [0.2, 0.25) is 0 Å². The van der Waals surface area contributed by atoms with E-state index < -0.39 is 12.0 Å². The summed E-state index contributed by atoms with van der Waals surface area (Å²) in [6, 6.07) is 20.4. The largest absolute Gasteiger partial charge is 0.490 e. The van der Waals surface area contributed by atoms with Crippen molar-refractivity contribution in [2.75, 3.05) is 6.54 Å². The number of carbonyl (C=O) groups is 1. The van der Waals surface area contributed by atoms with Gasteiger partial charge >= 0.3 is 5.97 Å². The number of tetrazole rings is 1. The van der Waals surface area contributed by atoms with E-state index in [1.807, 2.05) is 18.2 Å². The van der Waals surface area contributed by atoms with Gasteiger partial charge in [-0.2, -0.15) is 5.21 Å². The molecule has 2 fully saturated rings. The maximum atomic E-state index is 11.5. The van der Waals surface area contributed by atoms with Gasteiger partial charge in [0.2, 0.25) is 5.82 Å². The van der Waals surface area contributed by atoms with Crippen molar-refractivity contribution in [2.24, 2.45) is 11.8 Å². The van der Waals surface area contributed by atoms with Gasteiger partial charge in [-0.25, -0.2) is 0 Å². The monoisotopic (exact) mass is 505 g/mol. The molecule has 6 rings (SSSR count). The van der Waals surface area contributed by atoms with E-state index >= 15 is 0 Å². The molecule has 2 aliphatic rings. The Kier molecular flexibility index (Phi) is 6.89. The Hall–Kier alpha value is -3.49. The highest BCUT2D eigenvalue weighted by molar-refractivity contribution is 5.88. The number of nitrogens with zero attached hydrogens (tertiary/aromatic N) is 3. The van der Waals surface area contributed by atoms with Gasteiger partial charge in [-0.3, -0.25) is 4.79 Å². The molecule has 4 aromatic rings. The van der Waals surface area contributed by atoms with Crippen molar-refractivity contribution in [1.82, 2.24) is 25.9 Å². The summed E-state index contributed by atoms with van der Waals surface area (Å²) in [5.41, 5.74) is 2.96. The average molecular weight is 506 g/mol. The van der Waals surface area contributed by atoms with E-state index in [0.29, 0.717) is 24.1 Å². The van der Waals surface area contributed by atoms with Crippen LogP contribution >= 0.6 is 12.4 Å². The smallest absolute Gasteiger partial charge is 0.320 e. The molecule has 3 N–H and O–H groups in total. The summed E-state index contributed by atoms with van der Waals surface area (Å²) in [5, 5.41) is 29.6. The third-order valence-electron chi connectivity index (χ3n) is 7.50. The molecule has 9 heteroatoms. The number of ether oxygens (including phenoxy) is 1. The van der Waals surface area contributed by atoms with Crippen LogP contribution in [-0.4, -0.2) is 50.4 Å². The predicted octanol–water partition coefficient (Wildman–Crippen LogP) is 4.72. The van der Waals surface area contributed by atoms with Crippen LogP contribution in [0.15, 0.2) is 60.7 Å². The second kappa shape index (κ2) is 10.2. The average Bonchev–Trinajstić information content (AvgIpc) is 3.43. The van der Waals surface area contributed by atoms with Gasteiger partial charge in [0, 0.05) is 0 Å². The standard InChI is InChI=1S/C27H27N5O3.ClH/c33-27(34)24-13-21-12-22(9-7-20(21)15-28-24)35-25-14-19(8-10-23(25)26-29-31-32-30-26)18-6-5-16-3-1-2-4-17(16)11-18;/h1-6,8,10-11,14,20-22,24,28H,7,9,12-13,15H2,(H,33,34)(H,29,30,31,32);1H/t20-,21+,22-,24-;/m0./s1. The molecule has 1 saturated carbocycles. The number of aromatic amines is 1. The summed E-state index contributed by atoms with van der Waals surface area (Å²) in [4.78, 5) is 11.5. The third-order valence-corrected chi connectivity index (χ3v) is 7.50. The van der Waals surface area contributed by atoms with Crippen molar-refractivity contribution in [3.05, 3.63) is 60.7 Å². The van der Waals surface area contributed by atoms with Gasteiger partial charge in [-0.05, 0) is 89.4 Å². The van der Waals surface area contributed by atoms with Gasteiger partial charge in [0.05, 0.1) is 11.7 Å². The van der Waals surface area contributed by atoms with Crippen LogP contribution in [-0.2, 0) is 4.79 Å². The second-order valence-corrected chi connectivity index (χ2v) is 9.62. The van der Waals surface area contributed by atoms with Crippen molar-refractivity contribution in [3.63, 3.8) is 0 Å². The summed E-state index contributed by atoms with van der Waals surface area (Å²) in [5.74, 6) is 1.30. The zero-order valence-electron chi connectivity index (χ0n) is 19.6. The minimum Gasteiger partial charge on any atom is -0.490 e. The lowest BCUT2D eigenvalue weighted by molar-refractivity contribution is -0.141. The van der Waals surface area contributed by atoms with Crippen LogP contribution in [0.3, 0.4) is 0 Å². The van der Waals surface area contributed by atoms with Crippen molar-refractivity contribution in [1.29, 1.82) is 0 Å². The molecule has 8 nitrogen and oxygen atoms in total. The maximum absolute atomic E-state index is 11.5. The first-order chi connectivity index (χ1) is 17.1. The van der Waals surface area contributed by atoms with E-state index in [1.54, 1.807) is 0 Å². The zero-order chi connectivity index (χ0) is 23.8. The van der Waals surface area contributed by atoms with Crippen molar-refractivity contribution >= 4 is 29.1 Å². The number of nitrogens with one attached hydrogen (secondary N) is 2. The van der Waals surface area contributed by atoms with Crippen LogP contribution < -0.4 is 10.1 Å². The molecular formula is C27H28ClN5O3. The number of H-pyrrole nitrogens is 1. The minimum atomic E-state index is -0.769. The number of fused-ring (bicyclic) bond motifs is 2. The van der Waals surface area contributed by atoms with Crippen molar-refractivity contribution in [2.45, 2.75) is 37.8 Å². The van der Waals surface area contributed by atoms with Crippen LogP contribution in [0.25, 0.3) is 33.3 Å². The molecule has 186 valence electrons. The maximum Gasteiger partial charge on any atom is 0.320 e. The van der Waals surface area contributed by atoms with Gasteiger partial charge in [0.25, 0.3) is 0 Å². The van der Waals surface area contributed by atoms with Crippen LogP contribution in [0.5, 0.6) is 5.75 Å². The SMILES string of the molecule is Cl.O=C(O)[C@@H]1C[C@H]2C[C@@H](Oc3cc(-c4ccc5ccccc5c4)ccc3-c3nn[nH]n3)CC[C@H]2CN1. The molecule has 0 unspecified atom stereocenters. The molecule has 3 aromatic carbocycles. The summed E-state index contributed by atoms with van der Waals surface area (Å²) in [6.07, 6.45) is 3.47. The molecule has 1 saturated heterocycles. The number of benzene rings is 3. The summed E-state index contributed by atoms with van der Waals surface area (Å²) < 4.78 is 6.62. The summed E-state index contributed by atoms with van der Waals surface area (Å²) in [7, 11) is 0. The quantitative estimate of drug-likeness (QED) is 0.359. The Morgan fingerprint density at radius 2 is 1.75 bits per heavy atom. The molecule has 1 aliphatic heterocycles. The number of carboxylic acid groups (broad SMARTS) is 1. The van der Waals surface area contributed by atoms with Gasteiger partial charge in [-0.15, -0.1) is 22.6 Å². The molecule has 1 aromatic heterocycles. The minimum absolute atomic E-state index is 0. The highest BCUT2D eigenvalue weighted by atomic mass is 35.5. The predicted molar refractivity (Wildman–Crippen MR) is 139 cm³/mol. The fraction of sp³-hybridized carbons (Fsp3) is 0.333. The lowest BCUT2D eigenvalue weighted by atomic mass is 9.72. The first-order valence-corrected chi connectivity index (χ1v) is 12.1. The molecule has 2 heterocycles. The fourth-order valence-corrected chi connectivity index (χ4v) is 5.62. The molecule has 0 bridgehead atoms. The number of hydrogen-bond donors (Lipinski definition) is 3. The van der Waals surface area contributed by atoms with E-state index in [1.165, 1.54) is 10.8 Å². The molecule has 0 radical (unpaired) electrons. The first kappa shape index (κ1) is 24.2. The van der Waals surface area contributed by atoms with E-state index in [2.05, 4.69) is 68.4 Å². The number of halogens is 1. The van der Waals surface area contributed by atoms with E-state index in [-0.39, 0.29) is 18.5 Å².